The minimum Gasteiger partial charge on any atom is -0.505 e. The summed E-state index contributed by atoms with van der Waals surface area (Å²) in [7, 11) is 0. The first-order chi connectivity index (χ1) is 14.1. The van der Waals surface area contributed by atoms with E-state index in [-0.39, 0.29) is 33.1 Å². The molecule has 0 saturated carbocycles. The van der Waals surface area contributed by atoms with Gasteiger partial charge in [-0.3, -0.25) is 14.2 Å². The second-order valence-corrected chi connectivity index (χ2v) is 7.70. The van der Waals surface area contributed by atoms with Crippen LogP contribution in [0.4, 0.5) is 8.78 Å². The molecule has 2 aromatic carbocycles. The van der Waals surface area contributed by atoms with Crippen LogP contribution in [0.15, 0.2) is 30.3 Å². The van der Waals surface area contributed by atoms with Gasteiger partial charge in [-0.15, -0.1) is 0 Å². The maximum atomic E-state index is 14.2. The molecule has 0 aliphatic heterocycles. The molecule has 2 N–H and O–H groups in total. The summed E-state index contributed by atoms with van der Waals surface area (Å²) in [5, 5.41) is 19.9. The fourth-order valence-electron chi connectivity index (χ4n) is 3.75. The smallest absolute Gasteiger partial charge is 0.311 e. The number of phenolic OH excluding ortho intramolecular Hbond substituents is 1. The maximum Gasteiger partial charge on any atom is 0.311 e. The van der Waals surface area contributed by atoms with Crippen LogP contribution < -0.4 is 0 Å². The number of carboxylic acids is 1. The van der Waals surface area contributed by atoms with Crippen molar-refractivity contribution in [2.24, 2.45) is 5.92 Å². The van der Waals surface area contributed by atoms with Gasteiger partial charge in [0.25, 0.3) is 5.91 Å². The number of hydrogen-bond acceptors (Lipinski definition) is 3. The zero-order chi connectivity index (χ0) is 22.3. The summed E-state index contributed by atoms with van der Waals surface area (Å²) in [6.07, 6.45) is 0.548. The molecule has 2 atom stereocenters. The van der Waals surface area contributed by atoms with Crippen molar-refractivity contribution in [2.45, 2.75) is 33.1 Å². The predicted molar refractivity (Wildman–Crippen MR) is 109 cm³/mol. The lowest BCUT2D eigenvalue weighted by Crippen LogP contribution is -2.21. The third kappa shape index (κ3) is 3.54. The first-order valence-electron chi connectivity index (χ1n) is 9.34. The van der Waals surface area contributed by atoms with Crippen molar-refractivity contribution >= 4 is 34.4 Å². The van der Waals surface area contributed by atoms with Gasteiger partial charge >= 0.3 is 5.97 Å². The van der Waals surface area contributed by atoms with E-state index in [1.165, 1.54) is 12.1 Å². The molecule has 1 heterocycles. The Morgan fingerprint density at radius 1 is 1.17 bits per heavy atom. The molecule has 8 heteroatoms. The Hall–Kier alpha value is -2.93. The summed E-state index contributed by atoms with van der Waals surface area (Å²) in [6.45, 7) is 5.15. The molecular formula is C22H20ClF2NO4. The second kappa shape index (κ2) is 8.07. The number of carbonyl (C=O) groups is 2. The minimum atomic E-state index is -1.10. The number of aromatic hydroxyl groups is 1. The second-order valence-electron chi connectivity index (χ2n) is 7.29. The van der Waals surface area contributed by atoms with Crippen molar-refractivity contribution in [1.29, 1.82) is 0 Å². The monoisotopic (exact) mass is 435 g/mol. The Morgan fingerprint density at radius 3 is 2.40 bits per heavy atom. The average Bonchev–Trinajstić information content (AvgIpc) is 2.95. The summed E-state index contributed by atoms with van der Waals surface area (Å²) in [5.41, 5.74) is 0.646. The summed E-state index contributed by atoms with van der Waals surface area (Å²) in [6, 6.07) is 5.63. The van der Waals surface area contributed by atoms with E-state index in [1.54, 1.807) is 13.8 Å². The number of halogens is 3. The van der Waals surface area contributed by atoms with Crippen LogP contribution in [0.2, 0.25) is 5.02 Å². The fourth-order valence-corrected chi connectivity index (χ4v) is 3.87. The minimum absolute atomic E-state index is 0.0349. The van der Waals surface area contributed by atoms with E-state index < -0.39 is 35.2 Å². The molecular weight excluding hydrogens is 416 g/mol. The number of rotatable bonds is 5. The van der Waals surface area contributed by atoms with Gasteiger partial charge < -0.3 is 10.2 Å². The van der Waals surface area contributed by atoms with E-state index in [4.69, 9.17) is 11.6 Å². The van der Waals surface area contributed by atoms with Crippen molar-refractivity contribution < 1.29 is 28.6 Å². The number of hydrogen-bond donors (Lipinski definition) is 2. The van der Waals surface area contributed by atoms with Crippen molar-refractivity contribution in [3.05, 3.63) is 63.8 Å². The van der Waals surface area contributed by atoms with Gasteiger partial charge in [0.05, 0.1) is 16.5 Å². The van der Waals surface area contributed by atoms with Gasteiger partial charge in [0, 0.05) is 22.7 Å². The van der Waals surface area contributed by atoms with Crippen LogP contribution in [-0.4, -0.2) is 26.7 Å². The highest BCUT2D eigenvalue weighted by Gasteiger charge is 2.33. The van der Waals surface area contributed by atoms with Crippen molar-refractivity contribution in [3.8, 4) is 5.75 Å². The van der Waals surface area contributed by atoms with Crippen molar-refractivity contribution in [1.82, 2.24) is 4.57 Å². The molecule has 0 bridgehead atoms. The van der Waals surface area contributed by atoms with Crippen LogP contribution >= 0.6 is 11.6 Å². The van der Waals surface area contributed by atoms with Crippen LogP contribution in [0.25, 0.3) is 10.9 Å². The standard InChI is InChI=1S/C22H20ClF2NO4/c1-4-10(2)19(22(29)30)20-11(3)26(17-9-16(25)18(27)8-13(17)20)21(28)12-5-6-14(23)15(24)7-12/h5-10,19,27H,4H2,1-3H3,(H,29,30)/t10?,19-/m0/s1. The third-order valence-electron chi connectivity index (χ3n) is 5.48. The van der Waals surface area contributed by atoms with Gasteiger partial charge in [-0.25, -0.2) is 8.78 Å². The van der Waals surface area contributed by atoms with Crippen LogP contribution in [0.3, 0.4) is 0 Å². The molecule has 0 saturated heterocycles. The Balaban J connectivity index is 2.36. The molecule has 0 fully saturated rings. The number of carboxylic acid groups (broad SMARTS) is 1. The molecule has 3 rings (SSSR count). The van der Waals surface area contributed by atoms with Crippen LogP contribution in [0.1, 0.15) is 47.8 Å². The van der Waals surface area contributed by atoms with E-state index in [0.29, 0.717) is 12.0 Å². The first kappa shape index (κ1) is 21.8. The quantitative estimate of drug-likeness (QED) is 0.555. The van der Waals surface area contributed by atoms with Crippen LogP contribution in [0, 0.1) is 24.5 Å². The lowest BCUT2D eigenvalue weighted by Gasteiger charge is -2.20. The van der Waals surface area contributed by atoms with Crippen LogP contribution in [-0.2, 0) is 4.79 Å². The topological polar surface area (TPSA) is 79.5 Å². The molecule has 0 aliphatic rings. The number of fused-ring (bicyclic) bond motifs is 1. The zero-order valence-corrected chi connectivity index (χ0v) is 17.3. The fraction of sp³-hybridized carbons (Fsp3) is 0.273. The van der Waals surface area contributed by atoms with Gasteiger partial charge in [-0.1, -0.05) is 31.9 Å². The normalized spacial score (nSPS) is 13.4. The van der Waals surface area contributed by atoms with E-state index in [1.807, 2.05) is 6.92 Å². The molecule has 0 spiro atoms. The Bertz CT molecular complexity index is 1170. The number of nitrogens with zero attached hydrogens (tertiary/aromatic N) is 1. The van der Waals surface area contributed by atoms with Crippen molar-refractivity contribution in [3.63, 3.8) is 0 Å². The number of phenols is 1. The lowest BCUT2D eigenvalue weighted by atomic mass is 9.84. The first-order valence-corrected chi connectivity index (χ1v) is 9.72. The predicted octanol–water partition coefficient (Wildman–Crippen LogP) is 5.49. The number of carbonyl (C=O) groups excluding carboxylic acids is 1. The summed E-state index contributed by atoms with van der Waals surface area (Å²) in [4.78, 5) is 25.3. The van der Waals surface area contributed by atoms with E-state index >= 15 is 0 Å². The molecule has 1 aromatic heterocycles. The van der Waals surface area contributed by atoms with E-state index in [2.05, 4.69) is 0 Å². The highest BCUT2D eigenvalue weighted by atomic mass is 35.5. The molecule has 0 radical (unpaired) electrons. The van der Waals surface area contributed by atoms with E-state index in [9.17, 15) is 28.6 Å². The van der Waals surface area contributed by atoms with Gasteiger partial charge in [0.2, 0.25) is 0 Å². The zero-order valence-electron chi connectivity index (χ0n) is 16.5. The molecule has 0 amide bonds. The number of aliphatic carboxylic acids is 1. The highest BCUT2D eigenvalue weighted by molar-refractivity contribution is 6.30. The molecule has 5 nitrogen and oxygen atoms in total. The van der Waals surface area contributed by atoms with Gasteiger partial charge in [0.15, 0.2) is 11.6 Å². The largest absolute Gasteiger partial charge is 0.505 e. The number of benzene rings is 2. The Kier molecular flexibility index (Phi) is 5.85. The Labute approximate surface area is 176 Å². The Morgan fingerprint density at radius 2 is 1.83 bits per heavy atom. The lowest BCUT2D eigenvalue weighted by molar-refractivity contribution is -0.140. The molecule has 3 aromatic rings. The SMILES string of the molecule is CCC(C)[C@H](C(=O)O)c1c(C)n(C(=O)c2ccc(Cl)c(F)c2)c2cc(F)c(O)cc12. The molecule has 30 heavy (non-hydrogen) atoms. The maximum absolute atomic E-state index is 14.2. The highest BCUT2D eigenvalue weighted by Crippen LogP contribution is 2.39. The number of aromatic nitrogens is 1. The summed E-state index contributed by atoms with van der Waals surface area (Å²) >= 11 is 5.69. The van der Waals surface area contributed by atoms with Gasteiger partial charge in [0.1, 0.15) is 5.82 Å². The van der Waals surface area contributed by atoms with Gasteiger partial charge in [-0.05, 0) is 42.7 Å². The van der Waals surface area contributed by atoms with Gasteiger partial charge in [-0.2, -0.15) is 0 Å². The average molecular weight is 436 g/mol. The molecule has 158 valence electrons. The van der Waals surface area contributed by atoms with Crippen LogP contribution in [0.5, 0.6) is 5.75 Å². The summed E-state index contributed by atoms with van der Waals surface area (Å²) in [5.74, 6) is -5.45. The van der Waals surface area contributed by atoms with Crippen molar-refractivity contribution in [2.75, 3.05) is 0 Å². The molecule has 1 unspecified atom stereocenters. The molecule has 0 aliphatic carbocycles. The van der Waals surface area contributed by atoms with E-state index in [0.717, 1.165) is 22.8 Å². The third-order valence-corrected chi connectivity index (χ3v) is 5.79. The summed E-state index contributed by atoms with van der Waals surface area (Å²) < 4.78 is 29.2.